The minimum atomic E-state index is -0.616. The Morgan fingerprint density at radius 3 is 2.89 bits per heavy atom. The Balaban J connectivity index is 2.23. The number of nitrogens with two attached hydrogens (primary N) is 1. The smallest absolute Gasteiger partial charge is 0.278 e. The minimum absolute atomic E-state index is 0.0276. The summed E-state index contributed by atoms with van der Waals surface area (Å²) < 4.78 is 15.1. The van der Waals surface area contributed by atoms with Gasteiger partial charge in [0, 0.05) is 17.8 Å². The van der Waals surface area contributed by atoms with Gasteiger partial charge in [0.25, 0.3) is 5.91 Å². The molecular formula is C12H12ClFN4O. The minimum Gasteiger partial charge on any atom is -0.396 e. The number of anilines is 2. The predicted molar refractivity (Wildman–Crippen MR) is 71.7 cm³/mol. The number of carbonyl (C=O) groups excluding carboxylic acids is 1. The highest BCUT2D eigenvalue weighted by molar-refractivity contribution is 6.30. The van der Waals surface area contributed by atoms with E-state index in [0.29, 0.717) is 6.54 Å². The Kier molecular flexibility index (Phi) is 3.71. The van der Waals surface area contributed by atoms with E-state index in [1.807, 2.05) is 6.92 Å². The molecule has 0 aliphatic rings. The van der Waals surface area contributed by atoms with Crippen LogP contribution in [0.15, 0.2) is 24.4 Å². The molecule has 1 heterocycles. The fourth-order valence-corrected chi connectivity index (χ4v) is 1.71. The van der Waals surface area contributed by atoms with Gasteiger partial charge in [0.05, 0.1) is 11.4 Å². The lowest BCUT2D eigenvalue weighted by Crippen LogP contribution is -2.15. The van der Waals surface area contributed by atoms with Crippen LogP contribution in [0.3, 0.4) is 0 Å². The van der Waals surface area contributed by atoms with Gasteiger partial charge in [-0.25, -0.2) is 4.39 Å². The van der Waals surface area contributed by atoms with Crippen molar-refractivity contribution in [2.75, 3.05) is 11.1 Å². The molecule has 0 aliphatic heterocycles. The van der Waals surface area contributed by atoms with Crippen molar-refractivity contribution in [3.05, 3.63) is 40.9 Å². The highest BCUT2D eigenvalue weighted by Gasteiger charge is 2.16. The third-order valence-corrected chi connectivity index (χ3v) is 2.74. The van der Waals surface area contributed by atoms with Crippen molar-refractivity contribution in [3.8, 4) is 0 Å². The Morgan fingerprint density at radius 2 is 2.32 bits per heavy atom. The van der Waals surface area contributed by atoms with E-state index in [0.717, 1.165) is 6.07 Å². The van der Waals surface area contributed by atoms with Gasteiger partial charge in [-0.3, -0.25) is 9.48 Å². The van der Waals surface area contributed by atoms with E-state index in [1.54, 1.807) is 6.20 Å². The maximum absolute atomic E-state index is 13.5. The van der Waals surface area contributed by atoms with Crippen molar-refractivity contribution in [2.45, 2.75) is 13.5 Å². The van der Waals surface area contributed by atoms with E-state index in [2.05, 4.69) is 10.4 Å². The Bertz CT molecular complexity index is 626. The van der Waals surface area contributed by atoms with Crippen molar-refractivity contribution >= 4 is 28.9 Å². The number of halogens is 2. The third kappa shape index (κ3) is 2.85. The maximum Gasteiger partial charge on any atom is 0.278 e. The molecule has 0 aliphatic carbocycles. The van der Waals surface area contributed by atoms with Gasteiger partial charge < -0.3 is 11.1 Å². The van der Waals surface area contributed by atoms with Crippen molar-refractivity contribution in [2.24, 2.45) is 0 Å². The lowest BCUT2D eigenvalue weighted by Gasteiger charge is -2.05. The molecule has 2 rings (SSSR count). The molecule has 100 valence electrons. The topological polar surface area (TPSA) is 72.9 Å². The van der Waals surface area contributed by atoms with Crippen LogP contribution in [0.1, 0.15) is 17.4 Å². The quantitative estimate of drug-likeness (QED) is 0.908. The van der Waals surface area contributed by atoms with Crippen LogP contribution in [0, 0.1) is 5.82 Å². The van der Waals surface area contributed by atoms with Crippen LogP contribution in [-0.4, -0.2) is 15.7 Å². The zero-order chi connectivity index (χ0) is 14.0. The summed E-state index contributed by atoms with van der Waals surface area (Å²) in [4.78, 5) is 11.9. The number of hydrogen-bond acceptors (Lipinski definition) is 3. The summed E-state index contributed by atoms with van der Waals surface area (Å²) in [6.07, 6.45) is 1.55. The van der Waals surface area contributed by atoms with Gasteiger partial charge in [-0.2, -0.15) is 5.10 Å². The lowest BCUT2D eigenvalue weighted by molar-refractivity contribution is 0.102. The number of benzene rings is 1. The van der Waals surface area contributed by atoms with Crippen LogP contribution in [0.4, 0.5) is 15.8 Å². The second-order valence-corrected chi connectivity index (χ2v) is 4.30. The number of nitrogens with one attached hydrogen (secondary N) is 1. The first-order valence-electron chi connectivity index (χ1n) is 5.60. The molecule has 1 aromatic heterocycles. The van der Waals surface area contributed by atoms with Crippen molar-refractivity contribution in [3.63, 3.8) is 0 Å². The standard InChI is InChI=1S/C12H12ClFN4O/c1-2-18-6-9(15)11(17-18)12(19)16-10-4-3-7(13)5-8(10)14/h3-6H,2,15H2,1H3,(H,16,19). The number of carbonyl (C=O) groups is 1. The fraction of sp³-hybridized carbons (Fsp3) is 0.167. The van der Waals surface area contributed by atoms with Gasteiger partial charge in [0.2, 0.25) is 0 Å². The highest BCUT2D eigenvalue weighted by atomic mass is 35.5. The van der Waals surface area contributed by atoms with Crippen LogP contribution in [0.5, 0.6) is 0 Å². The average Bonchev–Trinajstić information content (AvgIpc) is 2.74. The Morgan fingerprint density at radius 1 is 1.58 bits per heavy atom. The Hall–Kier alpha value is -2.08. The molecule has 19 heavy (non-hydrogen) atoms. The van der Waals surface area contributed by atoms with E-state index < -0.39 is 11.7 Å². The number of aryl methyl sites for hydroxylation is 1. The van der Waals surface area contributed by atoms with Crippen LogP contribution in [-0.2, 0) is 6.54 Å². The summed E-state index contributed by atoms with van der Waals surface area (Å²) >= 11 is 5.63. The van der Waals surface area contributed by atoms with Gasteiger partial charge in [0.15, 0.2) is 5.69 Å². The molecule has 2 aromatic rings. The van der Waals surface area contributed by atoms with Gasteiger partial charge in [-0.15, -0.1) is 0 Å². The Labute approximate surface area is 114 Å². The number of nitrogens with zero attached hydrogens (tertiary/aromatic N) is 2. The first-order valence-corrected chi connectivity index (χ1v) is 5.98. The SMILES string of the molecule is CCn1cc(N)c(C(=O)Nc2ccc(Cl)cc2F)n1. The molecule has 5 nitrogen and oxygen atoms in total. The van der Waals surface area contributed by atoms with E-state index >= 15 is 0 Å². The third-order valence-electron chi connectivity index (χ3n) is 2.51. The zero-order valence-electron chi connectivity index (χ0n) is 10.2. The number of rotatable bonds is 3. The lowest BCUT2D eigenvalue weighted by atomic mass is 10.3. The molecule has 0 radical (unpaired) electrons. The molecule has 1 amide bonds. The van der Waals surface area contributed by atoms with Crippen LogP contribution >= 0.6 is 11.6 Å². The van der Waals surface area contributed by atoms with E-state index in [4.69, 9.17) is 17.3 Å². The molecule has 3 N–H and O–H groups in total. The monoisotopic (exact) mass is 282 g/mol. The number of amides is 1. The summed E-state index contributed by atoms with van der Waals surface area (Å²) in [5.41, 5.74) is 6.01. The molecule has 0 fully saturated rings. The van der Waals surface area contributed by atoms with Gasteiger partial charge in [0.1, 0.15) is 5.82 Å². The predicted octanol–water partition coefficient (Wildman–Crippen LogP) is 2.53. The number of nitrogen functional groups attached to an aromatic ring is 1. The van der Waals surface area contributed by atoms with Crippen molar-refractivity contribution < 1.29 is 9.18 Å². The second kappa shape index (κ2) is 5.27. The number of aromatic nitrogens is 2. The molecule has 0 atom stereocenters. The summed E-state index contributed by atoms with van der Waals surface area (Å²) in [7, 11) is 0. The molecule has 0 bridgehead atoms. The molecule has 7 heteroatoms. The van der Waals surface area contributed by atoms with Crippen LogP contribution < -0.4 is 11.1 Å². The molecule has 0 saturated heterocycles. The molecular weight excluding hydrogens is 271 g/mol. The largest absolute Gasteiger partial charge is 0.396 e. The van der Waals surface area contributed by atoms with Crippen LogP contribution in [0.2, 0.25) is 5.02 Å². The molecule has 0 spiro atoms. The summed E-state index contributed by atoms with van der Waals surface area (Å²) in [6.45, 7) is 2.46. The van der Waals surface area contributed by atoms with Gasteiger partial charge in [-0.1, -0.05) is 11.6 Å². The van der Waals surface area contributed by atoms with E-state index in [-0.39, 0.29) is 22.1 Å². The maximum atomic E-state index is 13.5. The van der Waals surface area contributed by atoms with Gasteiger partial charge in [-0.05, 0) is 25.1 Å². The van der Waals surface area contributed by atoms with Gasteiger partial charge >= 0.3 is 0 Å². The molecule has 0 saturated carbocycles. The van der Waals surface area contributed by atoms with E-state index in [1.165, 1.54) is 16.8 Å². The van der Waals surface area contributed by atoms with Crippen molar-refractivity contribution in [1.29, 1.82) is 0 Å². The normalized spacial score (nSPS) is 10.5. The summed E-state index contributed by atoms with van der Waals surface area (Å²) in [5.74, 6) is -1.18. The first-order chi connectivity index (χ1) is 9.01. The molecule has 0 unspecified atom stereocenters. The highest BCUT2D eigenvalue weighted by Crippen LogP contribution is 2.20. The second-order valence-electron chi connectivity index (χ2n) is 3.87. The van der Waals surface area contributed by atoms with Crippen LogP contribution in [0.25, 0.3) is 0 Å². The molecule has 1 aromatic carbocycles. The number of hydrogen-bond donors (Lipinski definition) is 2. The summed E-state index contributed by atoms with van der Waals surface area (Å²) in [6, 6.07) is 3.97. The van der Waals surface area contributed by atoms with E-state index in [9.17, 15) is 9.18 Å². The average molecular weight is 283 g/mol. The fourth-order valence-electron chi connectivity index (χ4n) is 1.55. The summed E-state index contributed by atoms with van der Waals surface area (Å²) in [5, 5.41) is 6.66. The zero-order valence-corrected chi connectivity index (χ0v) is 10.9. The first kappa shape index (κ1) is 13.4. The van der Waals surface area contributed by atoms with Crippen molar-refractivity contribution in [1.82, 2.24) is 9.78 Å².